The molecular weight excluding hydrogens is 320 g/mol. The van der Waals surface area contributed by atoms with Gasteiger partial charge in [0, 0.05) is 24.6 Å². The minimum atomic E-state index is -0.279. The third-order valence-electron chi connectivity index (χ3n) is 5.69. The number of ether oxygens (including phenoxy) is 1. The van der Waals surface area contributed by atoms with E-state index < -0.39 is 0 Å². The molecule has 1 amide bonds. The summed E-state index contributed by atoms with van der Waals surface area (Å²) in [7, 11) is 1.61. The lowest BCUT2D eigenvalue weighted by Crippen LogP contribution is -2.47. The molecule has 1 aliphatic carbocycles. The Balaban J connectivity index is 1.57. The molecule has 1 aromatic heterocycles. The Morgan fingerprint density at radius 1 is 1.40 bits per heavy atom. The van der Waals surface area contributed by atoms with Gasteiger partial charge in [0.05, 0.1) is 24.6 Å². The number of aliphatic hydroxyl groups excluding tert-OH is 1. The van der Waals surface area contributed by atoms with Crippen molar-refractivity contribution >= 4 is 5.91 Å². The first-order valence-electron chi connectivity index (χ1n) is 8.58. The summed E-state index contributed by atoms with van der Waals surface area (Å²) in [5.41, 5.74) is 1.78. The Kier molecular flexibility index (Phi) is 3.76. The van der Waals surface area contributed by atoms with Gasteiger partial charge in [-0.25, -0.2) is 4.68 Å². The second-order valence-electron chi connectivity index (χ2n) is 7.03. The van der Waals surface area contributed by atoms with Gasteiger partial charge in [-0.2, -0.15) is 0 Å². The fourth-order valence-electron chi connectivity index (χ4n) is 3.89. The quantitative estimate of drug-likeness (QED) is 0.916. The number of nitrogens with zero attached hydrogens (tertiary/aromatic N) is 4. The Bertz CT molecular complexity index is 818. The number of hydrogen-bond acceptors (Lipinski definition) is 5. The van der Waals surface area contributed by atoms with Gasteiger partial charge in [-0.15, -0.1) is 5.10 Å². The number of rotatable bonds is 3. The zero-order chi connectivity index (χ0) is 17.6. The number of hydrogen-bond donors (Lipinski definition) is 1. The fraction of sp³-hybridized carbons (Fsp3) is 0.500. The van der Waals surface area contributed by atoms with E-state index in [2.05, 4.69) is 10.3 Å². The molecule has 2 atom stereocenters. The van der Waals surface area contributed by atoms with Crippen LogP contribution in [0, 0.1) is 12.3 Å². The second-order valence-corrected chi connectivity index (χ2v) is 7.03. The zero-order valence-corrected chi connectivity index (χ0v) is 14.5. The number of amides is 1. The number of likely N-dealkylation sites (tertiary alicyclic amines) is 1. The molecule has 4 rings (SSSR count). The molecule has 7 heteroatoms. The lowest BCUT2D eigenvalue weighted by atomic mass is 9.66. The maximum absolute atomic E-state index is 12.9. The van der Waals surface area contributed by atoms with Gasteiger partial charge in [-0.3, -0.25) is 4.79 Å². The van der Waals surface area contributed by atoms with Crippen LogP contribution in [-0.2, 0) is 0 Å². The molecule has 2 fully saturated rings. The van der Waals surface area contributed by atoms with Crippen molar-refractivity contribution in [3.8, 4) is 11.4 Å². The van der Waals surface area contributed by atoms with Gasteiger partial charge in [-0.05, 0) is 38.3 Å². The van der Waals surface area contributed by atoms with E-state index in [-0.39, 0.29) is 17.4 Å². The Labute approximate surface area is 146 Å². The molecule has 1 N–H and O–H groups in total. The molecule has 1 aromatic carbocycles. The molecule has 0 bridgehead atoms. The van der Waals surface area contributed by atoms with Crippen LogP contribution in [0.15, 0.2) is 24.3 Å². The van der Waals surface area contributed by atoms with Crippen LogP contribution in [0.1, 0.15) is 35.4 Å². The van der Waals surface area contributed by atoms with E-state index in [0.29, 0.717) is 24.5 Å². The summed E-state index contributed by atoms with van der Waals surface area (Å²) in [5, 5.41) is 18.3. The normalized spacial score (nSPS) is 25.2. The van der Waals surface area contributed by atoms with Crippen LogP contribution in [-0.4, -0.2) is 57.2 Å². The average Bonchev–Trinajstić information content (AvgIpc) is 3.26. The summed E-state index contributed by atoms with van der Waals surface area (Å²) < 4.78 is 6.90. The van der Waals surface area contributed by atoms with Gasteiger partial charge >= 0.3 is 0 Å². The van der Waals surface area contributed by atoms with Crippen LogP contribution in [0.3, 0.4) is 0 Å². The van der Waals surface area contributed by atoms with Gasteiger partial charge in [0.2, 0.25) is 0 Å². The van der Waals surface area contributed by atoms with Crippen molar-refractivity contribution in [3.63, 3.8) is 0 Å². The maximum atomic E-state index is 12.9. The number of benzene rings is 1. The Hall–Kier alpha value is -2.41. The maximum Gasteiger partial charge on any atom is 0.276 e. The first kappa shape index (κ1) is 16.1. The van der Waals surface area contributed by atoms with Crippen LogP contribution in [0.5, 0.6) is 5.75 Å². The van der Waals surface area contributed by atoms with E-state index in [9.17, 15) is 9.90 Å². The van der Waals surface area contributed by atoms with E-state index in [0.717, 1.165) is 30.7 Å². The van der Waals surface area contributed by atoms with Gasteiger partial charge in [0.1, 0.15) is 5.75 Å². The molecule has 1 spiro atoms. The number of aliphatic hydroxyl groups is 1. The predicted molar refractivity (Wildman–Crippen MR) is 90.8 cm³/mol. The van der Waals surface area contributed by atoms with Crippen molar-refractivity contribution in [2.45, 2.75) is 32.3 Å². The minimum Gasteiger partial charge on any atom is -0.497 e. The summed E-state index contributed by atoms with van der Waals surface area (Å²) in [6.45, 7) is 3.12. The number of aromatic nitrogens is 3. The molecule has 2 heterocycles. The van der Waals surface area contributed by atoms with Crippen LogP contribution in [0.25, 0.3) is 5.69 Å². The average molecular weight is 342 g/mol. The summed E-state index contributed by atoms with van der Waals surface area (Å²) in [6.07, 6.45) is 2.42. The highest BCUT2D eigenvalue weighted by molar-refractivity contribution is 5.93. The lowest BCUT2D eigenvalue weighted by molar-refractivity contribution is -0.0551. The molecule has 1 aliphatic heterocycles. The molecule has 7 nitrogen and oxygen atoms in total. The van der Waals surface area contributed by atoms with Crippen molar-refractivity contribution < 1.29 is 14.6 Å². The summed E-state index contributed by atoms with van der Waals surface area (Å²) in [5.74, 6) is 0.614. The molecule has 2 aliphatic rings. The molecule has 1 saturated heterocycles. The fourth-order valence-corrected chi connectivity index (χ4v) is 3.89. The van der Waals surface area contributed by atoms with Crippen molar-refractivity contribution in [1.82, 2.24) is 19.9 Å². The van der Waals surface area contributed by atoms with Gasteiger partial charge in [-0.1, -0.05) is 11.3 Å². The van der Waals surface area contributed by atoms with E-state index in [1.54, 1.807) is 16.7 Å². The number of methoxy groups -OCH3 is 1. The van der Waals surface area contributed by atoms with Gasteiger partial charge in [0.25, 0.3) is 5.91 Å². The predicted octanol–water partition coefficient (Wildman–Crippen LogP) is 1.57. The van der Waals surface area contributed by atoms with Crippen LogP contribution >= 0.6 is 0 Å². The smallest absolute Gasteiger partial charge is 0.276 e. The third-order valence-corrected chi connectivity index (χ3v) is 5.69. The monoisotopic (exact) mass is 342 g/mol. The van der Waals surface area contributed by atoms with E-state index in [1.807, 2.05) is 31.2 Å². The van der Waals surface area contributed by atoms with Gasteiger partial charge in [0.15, 0.2) is 5.69 Å². The number of carbonyl (C=O) groups is 1. The van der Waals surface area contributed by atoms with Crippen LogP contribution in [0.2, 0.25) is 0 Å². The molecule has 1 saturated carbocycles. The Morgan fingerprint density at radius 3 is 2.88 bits per heavy atom. The highest BCUT2D eigenvalue weighted by atomic mass is 16.5. The van der Waals surface area contributed by atoms with Crippen LogP contribution in [0.4, 0.5) is 0 Å². The van der Waals surface area contributed by atoms with E-state index in [4.69, 9.17) is 4.74 Å². The van der Waals surface area contributed by atoms with Crippen molar-refractivity contribution in [3.05, 3.63) is 35.7 Å². The largest absolute Gasteiger partial charge is 0.497 e. The second kappa shape index (κ2) is 5.84. The van der Waals surface area contributed by atoms with Crippen molar-refractivity contribution in [1.29, 1.82) is 0 Å². The van der Waals surface area contributed by atoms with Crippen LogP contribution < -0.4 is 4.74 Å². The lowest BCUT2D eigenvalue weighted by Gasteiger charge is -2.43. The summed E-state index contributed by atoms with van der Waals surface area (Å²) in [6, 6.07) is 7.48. The number of carbonyl (C=O) groups excluding carboxylic acids is 1. The van der Waals surface area contributed by atoms with Crippen molar-refractivity contribution in [2.75, 3.05) is 20.2 Å². The molecule has 2 unspecified atom stereocenters. The Morgan fingerprint density at radius 2 is 2.24 bits per heavy atom. The summed E-state index contributed by atoms with van der Waals surface area (Å²) in [4.78, 5) is 14.7. The molecule has 0 radical (unpaired) electrons. The van der Waals surface area contributed by atoms with Gasteiger partial charge < -0.3 is 14.7 Å². The molecule has 132 valence electrons. The third kappa shape index (κ3) is 2.50. The van der Waals surface area contributed by atoms with E-state index in [1.165, 1.54) is 0 Å². The minimum absolute atomic E-state index is 0.0909. The SMILES string of the molecule is COc1cccc(-n2nnc(C(=O)N3CCC4(CCC4O)C3)c2C)c1. The highest BCUT2D eigenvalue weighted by Crippen LogP contribution is 2.48. The van der Waals surface area contributed by atoms with Crippen molar-refractivity contribution in [2.24, 2.45) is 5.41 Å². The zero-order valence-electron chi connectivity index (χ0n) is 14.5. The first-order chi connectivity index (χ1) is 12.0. The summed E-state index contributed by atoms with van der Waals surface area (Å²) >= 11 is 0. The molecule has 2 aromatic rings. The first-order valence-corrected chi connectivity index (χ1v) is 8.58. The standard InChI is InChI=1S/C18H22N4O3/c1-12-16(17(24)21-9-8-18(11-21)7-6-15(18)23)19-20-22(12)13-4-3-5-14(10-13)25-2/h3-5,10,15,23H,6-9,11H2,1-2H3. The molecule has 25 heavy (non-hydrogen) atoms. The highest BCUT2D eigenvalue weighted by Gasteiger charge is 2.51. The van der Waals surface area contributed by atoms with E-state index >= 15 is 0 Å². The molecular formula is C18H22N4O3. The topological polar surface area (TPSA) is 80.5 Å².